The number of hydrazine groups is 1. The second-order valence-electron chi connectivity index (χ2n) is 11.1. The minimum Gasteiger partial charge on any atom is -0.496 e. The summed E-state index contributed by atoms with van der Waals surface area (Å²) in [5, 5.41) is 25.3. The number of halogens is 1. The summed E-state index contributed by atoms with van der Waals surface area (Å²) in [6.45, 7) is -0.0710. The number of ether oxygens (including phenoxy) is 3. The molecule has 1 saturated heterocycles. The van der Waals surface area contributed by atoms with Gasteiger partial charge < -0.3 is 34.7 Å². The van der Waals surface area contributed by atoms with E-state index >= 15 is 0 Å². The van der Waals surface area contributed by atoms with Crippen LogP contribution in [0, 0.1) is 0 Å². The van der Waals surface area contributed by atoms with E-state index in [2.05, 4.69) is 30.3 Å². The van der Waals surface area contributed by atoms with Gasteiger partial charge in [0, 0.05) is 10.6 Å². The maximum Gasteiger partial charge on any atom is 0.459 e. The van der Waals surface area contributed by atoms with E-state index in [0.717, 1.165) is 6.26 Å². The number of nitrogens with zero attached hydrogens (tertiary/aromatic N) is 4. The molecule has 2 aromatic carbocycles. The van der Waals surface area contributed by atoms with Crippen molar-refractivity contribution in [2.75, 3.05) is 37.7 Å². The average Bonchev–Trinajstić information content (AvgIpc) is 3.58. The fraction of sp³-hybridized carbons (Fsp3) is 0.357. The molecule has 5 rings (SSSR count). The van der Waals surface area contributed by atoms with Crippen LogP contribution in [0.3, 0.4) is 0 Å². The highest BCUT2D eigenvalue weighted by molar-refractivity contribution is 7.88. The van der Waals surface area contributed by atoms with Crippen molar-refractivity contribution in [1.82, 2.24) is 29.4 Å². The standard InChI is InChI=1S/C28H34ClN8O11PS/c1-28(40)23(39)20(47-26(28)37-15-31-22-24(35-36-50(3,42)43)33-27(30)34-25(22)37)14-46-49(41,48-18-10-8-17(29)9-11-18)32-12-21(38)45-13-16-6-4-5-7-19(16)44-2/h4-11,15,20,23,26,36,39-40H,12-14H2,1-3H3,(H,32,41)(H3,30,33,34,35)/t20?,23-,26-,28-,49?/m1/s1. The lowest BCUT2D eigenvalue weighted by molar-refractivity contribution is -0.143. The molecule has 5 atom stereocenters. The third-order valence-corrected chi connectivity index (χ3v) is 9.46. The van der Waals surface area contributed by atoms with Crippen molar-refractivity contribution in [3.05, 3.63) is 65.4 Å². The van der Waals surface area contributed by atoms with Crippen molar-refractivity contribution in [2.45, 2.75) is 37.6 Å². The summed E-state index contributed by atoms with van der Waals surface area (Å²) in [6.07, 6.45) is -2.19. The molecule has 270 valence electrons. The molecule has 2 aromatic heterocycles. The van der Waals surface area contributed by atoms with E-state index < -0.39 is 60.9 Å². The van der Waals surface area contributed by atoms with E-state index in [9.17, 15) is 28.0 Å². The molecule has 22 heteroatoms. The Bertz CT molecular complexity index is 2000. The number of hydrogen-bond acceptors (Lipinski definition) is 16. The van der Waals surface area contributed by atoms with Crippen LogP contribution in [0.4, 0.5) is 11.8 Å². The number of hydrogen-bond donors (Lipinski definition) is 6. The topological polar surface area (TPSA) is 261 Å². The van der Waals surface area contributed by atoms with Gasteiger partial charge in [-0.3, -0.25) is 19.3 Å². The number of aliphatic hydroxyl groups excluding tert-OH is 1. The number of aliphatic hydroxyl groups is 2. The second kappa shape index (κ2) is 15.0. The zero-order chi connectivity index (χ0) is 36.3. The molecular formula is C28H34ClN8O11PS. The number of imidazole rings is 1. The average molecular weight is 757 g/mol. The van der Waals surface area contributed by atoms with Crippen molar-refractivity contribution in [2.24, 2.45) is 0 Å². The molecule has 0 bridgehead atoms. The van der Waals surface area contributed by atoms with Crippen molar-refractivity contribution in [3.8, 4) is 11.5 Å². The number of sulfonamides is 1. The van der Waals surface area contributed by atoms with Crippen LogP contribution in [-0.4, -0.2) is 88.4 Å². The number of methoxy groups -OCH3 is 1. The van der Waals surface area contributed by atoms with Crippen molar-refractivity contribution in [1.29, 1.82) is 0 Å². The first-order valence-corrected chi connectivity index (χ1v) is 18.4. The minimum absolute atomic E-state index is 0.0133. The van der Waals surface area contributed by atoms with Gasteiger partial charge in [0.15, 0.2) is 23.2 Å². The zero-order valence-corrected chi connectivity index (χ0v) is 29.2. The quantitative estimate of drug-likeness (QED) is 0.0570. The highest BCUT2D eigenvalue weighted by Gasteiger charge is 2.54. The number of rotatable bonds is 15. The molecule has 50 heavy (non-hydrogen) atoms. The fourth-order valence-corrected chi connectivity index (χ4v) is 6.50. The maximum absolute atomic E-state index is 13.9. The van der Waals surface area contributed by atoms with Crippen LogP contribution in [0.25, 0.3) is 11.2 Å². The normalized spacial score (nSPS) is 21.8. The van der Waals surface area contributed by atoms with E-state index in [1.807, 2.05) is 0 Å². The van der Waals surface area contributed by atoms with E-state index in [0.29, 0.717) is 16.3 Å². The van der Waals surface area contributed by atoms with Crippen molar-refractivity contribution >= 4 is 58.3 Å². The number of carbonyl (C=O) groups is 1. The summed E-state index contributed by atoms with van der Waals surface area (Å²) < 4.78 is 66.2. The van der Waals surface area contributed by atoms with Crippen LogP contribution >= 0.6 is 19.3 Å². The number of benzene rings is 2. The molecule has 7 N–H and O–H groups in total. The molecular weight excluding hydrogens is 723 g/mol. The van der Waals surface area contributed by atoms with Gasteiger partial charge in [0.2, 0.25) is 16.0 Å². The van der Waals surface area contributed by atoms with E-state index in [1.165, 1.54) is 49.2 Å². The summed E-state index contributed by atoms with van der Waals surface area (Å²) in [5.41, 5.74) is 6.88. The zero-order valence-electron chi connectivity index (χ0n) is 26.7. The van der Waals surface area contributed by atoms with Gasteiger partial charge in [0.1, 0.15) is 42.5 Å². The monoisotopic (exact) mass is 756 g/mol. The van der Waals surface area contributed by atoms with Gasteiger partial charge in [0.25, 0.3) is 0 Å². The Hall–Kier alpha value is -4.11. The fourth-order valence-electron chi connectivity index (χ4n) is 4.81. The number of anilines is 2. The van der Waals surface area contributed by atoms with Gasteiger partial charge >= 0.3 is 13.7 Å². The number of carbonyl (C=O) groups excluding carboxylic acids is 1. The Kier molecular flexibility index (Phi) is 11.2. The number of nitrogens with one attached hydrogen (secondary N) is 3. The number of aromatic nitrogens is 4. The summed E-state index contributed by atoms with van der Waals surface area (Å²) in [7, 11) is -6.62. The number of nitrogens with two attached hydrogens (primary N) is 1. The van der Waals surface area contributed by atoms with Crippen LogP contribution < -0.4 is 30.3 Å². The number of fused-ring (bicyclic) bond motifs is 1. The van der Waals surface area contributed by atoms with Gasteiger partial charge in [-0.25, -0.2) is 23.1 Å². The third-order valence-electron chi connectivity index (χ3n) is 7.25. The first-order chi connectivity index (χ1) is 23.6. The summed E-state index contributed by atoms with van der Waals surface area (Å²) in [5.74, 6) is -0.584. The van der Waals surface area contributed by atoms with Gasteiger partial charge in [-0.15, -0.1) is 4.83 Å². The van der Waals surface area contributed by atoms with Crippen LogP contribution in [0.2, 0.25) is 5.02 Å². The Morgan fingerprint density at radius 1 is 1.20 bits per heavy atom. The van der Waals surface area contributed by atoms with Gasteiger partial charge in [0.05, 0.1) is 26.3 Å². The lowest BCUT2D eigenvalue weighted by Gasteiger charge is -2.27. The second-order valence-corrected chi connectivity index (χ2v) is 15.0. The van der Waals surface area contributed by atoms with E-state index in [4.69, 9.17) is 40.6 Å². The number of esters is 1. The van der Waals surface area contributed by atoms with Gasteiger partial charge in [-0.1, -0.05) is 29.8 Å². The predicted molar refractivity (Wildman–Crippen MR) is 178 cm³/mol. The number of para-hydroxylation sites is 1. The molecule has 3 heterocycles. The molecule has 0 aliphatic carbocycles. The molecule has 2 unspecified atom stereocenters. The largest absolute Gasteiger partial charge is 0.496 e. The SMILES string of the molecule is COc1ccccc1COC(=O)CNP(=O)(OCC1O[C@@H](n2cnc3c(NNS(C)(=O)=O)nc(N)nc32)[C@](C)(O)[C@@H]1O)Oc1ccc(Cl)cc1. The van der Waals surface area contributed by atoms with Crippen molar-refractivity contribution in [3.63, 3.8) is 0 Å². The van der Waals surface area contributed by atoms with E-state index in [-0.39, 0.29) is 35.3 Å². The third kappa shape index (κ3) is 8.78. The molecule has 1 fully saturated rings. The summed E-state index contributed by atoms with van der Waals surface area (Å²) >= 11 is 5.96. The summed E-state index contributed by atoms with van der Waals surface area (Å²) in [4.78, 5) is 27.0. The minimum atomic E-state index is -4.41. The van der Waals surface area contributed by atoms with Crippen LogP contribution in [0.15, 0.2) is 54.9 Å². The first-order valence-electron chi connectivity index (χ1n) is 14.6. The molecule has 19 nitrogen and oxygen atoms in total. The molecule has 1 aliphatic rings. The summed E-state index contributed by atoms with van der Waals surface area (Å²) in [6, 6.07) is 12.8. The Balaban J connectivity index is 1.31. The van der Waals surface area contributed by atoms with Crippen LogP contribution in [-0.2, 0) is 40.0 Å². The molecule has 0 radical (unpaired) electrons. The molecule has 1 aliphatic heterocycles. The van der Waals surface area contributed by atoms with Crippen molar-refractivity contribution < 1.29 is 51.2 Å². The molecule has 0 amide bonds. The highest BCUT2D eigenvalue weighted by atomic mass is 35.5. The smallest absolute Gasteiger partial charge is 0.459 e. The van der Waals surface area contributed by atoms with Gasteiger partial charge in [-0.2, -0.15) is 9.97 Å². The number of nitrogen functional groups attached to an aromatic ring is 1. The van der Waals surface area contributed by atoms with Crippen LogP contribution in [0.1, 0.15) is 18.7 Å². The van der Waals surface area contributed by atoms with E-state index in [1.54, 1.807) is 24.3 Å². The lowest BCUT2D eigenvalue weighted by atomic mass is 9.96. The Labute approximate surface area is 290 Å². The first kappa shape index (κ1) is 37.2. The Morgan fingerprint density at radius 2 is 1.92 bits per heavy atom. The Morgan fingerprint density at radius 3 is 2.62 bits per heavy atom. The van der Waals surface area contributed by atoms with Gasteiger partial charge in [-0.05, 0) is 37.3 Å². The molecule has 0 saturated carbocycles. The maximum atomic E-state index is 13.9. The van der Waals surface area contributed by atoms with Crippen LogP contribution in [0.5, 0.6) is 11.5 Å². The lowest BCUT2D eigenvalue weighted by Crippen LogP contribution is -2.44. The highest BCUT2D eigenvalue weighted by Crippen LogP contribution is 2.47. The molecule has 0 spiro atoms. The molecule has 4 aromatic rings. The predicted octanol–water partition coefficient (Wildman–Crippen LogP) is 1.49.